The number of aromatic nitrogens is 1. The van der Waals surface area contributed by atoms with Crippen LogP contribution in [0.3, 0.4) is 0 Å². The minimum absolute atomic E-state index is 0. The number of unbranched alkanes of at least 4 members (excludes halogenated alkanes) is 1. The molecule has 1 fully saturated rings. The normalized spacial score (nSPS) is 16.5. The molecule has 0 atom stereocenters. The van der Waals surface area contributed by atoms with E-state index in [4.69, 9.17) is 9.52 Å². The van der Waals surface area contributed by atoms with E-state index in [0.29, 0.717) is 5.41 Å². The first kappa shape index (κ1) is 23.2. The zero-order chi connectivity index (χ0) is 18.1. The Hall–Kier alpha value is -0.830. The molecule has 0 aliphatic carbocycles. The van der Waals surface area contributed by atoms with Gasteiger partial charge in [-0.2, -0.15) is 0 Å². The van der Waals surface area contributed by atoms with Crippen LogP contribution in [0.25, 0.3) is 0 Å². The molecule has 1 aliphatic rings. The molecule has 0 bridgehead atoms. The molecule has 150 valence electrons. The molecule has 2 heterocycles. The van der Waals surface area contributed by atoms with E-state index in [1.807, 2.05) is 6.07 Å². The van der Waals surface area contributed by atoms with E-state index in [9.17, 15) is 0 Å². The highest BCUT2D eigenvalue weighted by Gasteiger charge is 2.20. The summed E-state index contributed by atoms with van der Waals surface area (Å²) in [6.07, 6.45) is 5.32. The maximum absolute atomic E-state index is 4.92. The summed E-state index contributed by atoms with van der Waals surface area (Å²) in [4.78, 5) is 9.64. The standard InChI is InChI=1S/C19H35N5O.HI/c1-5-20-18(21-10-7-6-9-19(2,3)4)24-13-11-23(12-14-24)16-17-8-15-25-22-17;/h8,15H,5-7,9-14,16H2,1-4H3,(H,20,21);1H. The van der Waals surface area contributed by atoms with Crippen molar-refractivity contribution in [2.24, 2.45) is 10.4 Å². The van der Waals surface area contributed by atoms with Gasteiger partial charge in [0.2, 0.25) is 0 Å². The Balaban J connectivity index is 0.00000338. The van der Waals surface area contributed by atoms with E-state index in [0.717, 1.165) is 63.9 Å². The first-order valence-corrected chi connectivity index (χ1v) is 9.63. The number of rotatable bonds is 7. The van der Waals surface area contributed by atoms with Gasteiger partial charge in [-0.15, -0.1) is 24.0 Å². The van der Waals surface area contributed by atoms with Crippen molar-refractivity contribution in [3.63, 3.8) is 0 Å². The Morgan fingerprint density at radius 1 is 1.23 bits per heavy atom. The molecule has 0 aromatic carbocycles. The topological polar surface area (TPSA) is 56.9 Å². The molecular weight excluding hydrogens is 441 g/mol. The molecule has 0 saturated carbocycles. The van der Waals surface area contributed by atoms with Gasteiger partial charge in [0.15, 0.2) is 5.96 Å². The minimum Gasteiger partial charge on any atom is -0.364 e. The monoisotopic (exact) mass is 477 g/mol. The highest BCUT2D eigenvalue weighted by atomic mass is 127. The number of hydrogen-bond donors (Lipinski definition) is 1. The predicted molar refractivity (Wildman–Crippen MR) is 118 cm³/mol. The molecule has 0 spiro atoms. The Morgan fingerprint density at radius 2 is 1.96 bits per heavy atom. The first-order chi connectivity index (χ1) is 12.0. The first-order valence-electron chi connectivity index (χ1n) is 9.63. The second kappa shape index (κ2) is 11.8. The molecule has 0 unspecified atom stereocenters. The van der Waals surface area contributed by atoms with E-state index < -0.39 is 0 Å². The number of nitrogens with zero attached hydrogens (tertiary/aromatic N) is 4. The van der Waals surface area contributed by atoms with Crippen molar-refractivity contribution in [3.8, 4) is 0 Å². The number of halogens is 1. The number of piperazine rings is 1. The van der Waals surface area contributed by atoms with Crippen LogP contribution < -0.4 is 5.32 Å². The Morgan fingerprint density at radius 3 is 2.54 bits per heavy atom. The van der Waals surface area contributed by atoms with Gasteiger partial charge in [-0.1, -0.05) is 32.3 Å². The van der Waals surface area contributed by atoms with Crippen LogP contribution in [0.4, 0.5) is 0 Å². The predicted octanol–water partition coefficient (Wildman–Crippen LogP) is 3.59. The molecule has 6 nitrogen and oxygen atoms in total. The average molecular weight is 477 g/mol. The maximum Gasteiger partial charge on any atom is 0.194 e. The molecule has 1 aromatic rings. The summed E-state index contributed by atoms with van der Waals surface area (Å²) < 4.78 is 4.92. The van der Waals surface area contributed by atoms with E-state index in [1.165, 1.54) is 12.8 Å². The highest BCUT2D eigenvalue weighted by Crippen LogP contribution is 2.21. The number of hydrogen-bond acceptors (Lipinski definition) is 4. The second-order valence-corrected chi connectivity index (χ2v) is 8.01. The van der Waals surface area contributed by atoms with Crippen molar-refractivity contribution in [2.75, 3.05) is 39.3 Å². The van der Waals surface area contributed by atoms with Crippen LogP contribution in [0.5, 0.6) is 0 Å². The minimum atomic E-state index is 0. The van der Waals surface area contributed by atoms with E-state index in [2.05, 4.69) is 48.0 Å². The van der Waals surface area contributed by atoms with Crippen molar-refractivity contribution in [3.05, 3.63) is 18.0 Å². The zero-order valence-electron chi connectivity index (χ0n) is 16.8. The lowest BCUT2D eigenvalue weighted by Crippen LogP contribution is -2.52. The molecule has 26 heavy (non-hydrogen) atoms. The third-order valence-electron chi connectivity index (χ3n) is 4.48. The summed E-state index contributed by atoms with van der Waals surface area (Å²) in [6, 6.07) is 1.94. The lowest BCUT2D eigenvalue weighted by atomic mass is 9.90. The summed E-state index contributed by atoms with van der Waals surface area (Å²) >= 11 is 0. The number of nitrogens with one attached hydrogen (secondary N) is 1. The van der Waals surface area contributed by atoms with Gasteiger partial charge in [-0.25, -0.2) is 0 Å². The fourth-order valence-corrected chi connectivity index (χ4v) is 3.04. The maximum atomic E-state index is 4.92. The van der Waals surface area contributed by atoms with Gasteiger partial charge in [-0.3, -0.25) is 9.89 Å². The molecule has 7 heteroatoms. The van der Waals surface area contributed by atoms with Gasteiger partial charge in [-0.05, 0) is 25.2 Å². The fourth-order valence-electron chi connectivity index (χ4n) is 3.04. The van der Waals surface area contributed by atoms with Crippen LogP contribution in [-0.4, -0.2) is 60.2 Å². The van der Waals surface area contributed by atoms with Crippen molar-refractivity contribution in [1.82, 2.24) is 20.3 Å². The molecule has 1 aromatic heterocycles. The number of aliphatic imine (C=N–C) groups is 1. The van der Waals surface area contributed by atoms with E-state index >= 15 is 0 Å². The van der Waals surface area contributed by atoms with Crippen molar-refractivity contribution in [2.45, 2.75) is 53.5 Å². The molecule has 1 aliphatic heterocycles. The van der Waals surface area contributed by atoms with Gasteiger partial charge in [0.1, 0.15) is 6.26 Å². The van der Waals surface area contributed by atoms with Gasteiger partial charge in [0.25, 0.3) is 0 Å². The molecular formula is C19H36IN5O. The van der Waals surface area contributed by atoms with Crippen molar-refractivity contribution in [1.29, 1.82) is 0 Å². The second-order valence-electron chi connectivity index (χ2n) is 8.01. The van der Waals surface area contributed by atoms with E-state index in [1.54, 1.807) is 6.26 Å². The zero-order valence-corrected chi connectivity index (χ0v) is 19.2. The van der Waals surface area contributed by atoms with E-state index in [-0.39, 0.29) is 24.0 Å². The highest BCUT2D eigenvalue weighted by molar-refractivity contribution is 14.0. The Kier molecular flexibility index (Phi) is 10.5. The SMILES string of the molecule is CCNC(=NCCCCC(C)(C)C)N1CCN(Cc2ccon2)CC1.I. The van der Waals surface area contributed by atoms with Crippen LogP contribution in [0.15, 0.2) is 21.8 Å². The van der Waals surface area contributed by atoms with Crippen LogP contribution in [0, 0.1) is 5.41 Å². The van der Waals surface area contributed by atoms with Crippen molar-refractivity contribution >= 4 is 29.9 Å². The Labute approximate surface area is 175 Å². The number of guanidine groups is 1. The smallest absolute Gasteiger partial charge is 0.194 e. The molecule has 2 rings (SSSR count). The molecule has 1 saturated heterocycles. The molecule has 0 radical (unpaired) electrons. The summed E-state index contributed by atoms with van der Waals surface area (Å²) in [5.74, 6) is 1.07. The van der Waals surface area contributed by atoms with Gasteiger partial charge in [0, 0.05) is 51.9 Å². The lowest BCUT2D eigenvalue weighted by Gasteiger charge is -2.36. The van der Waals surface area contributed by atoms with Crippen molar-refractivity contribution < 1.29 is 4.52 Å². The average Bonchev–Trinajstić information content (AvgIpc) is 3.06. The van der Waals surface area contributed by atoms with Crippen LogP contribution in [0.1, 0.15) is 52.7 Å². The third kappa shape index (κ3) is 8.70. The fraction of sp³-hybridized carbons (Fsp3) is 0.789. The third-order valence-corrected chi connectivity index (χ3v) is 4.48. The van der Waals surface area contributed by atoms with Crippen LogP contribution in [-0.2, 0) is 6.54 Å². The molecule has 0 amide bonds. The Bertz CT molecular complexity index is 504. The lowest BCUT2D eigenvalue weighted by molar-refractivity contribution is 0.169. The van der Waals surface area contributed by atoms with Gasteiger partial charge < -0.3 is 14.7 Å². The quantitative estimate of drug-likeness (QED) is 0.282. The summed E-state index contributed by atoms with van der Waals surface area (Å²) in [7, 11) is 0. The van der Waals surface area contributed by atoms with Gasteiger partial charge >= 0.3 is 0 Å². The summed E-state index contributed by atoms with van der Waals surface area (Å²) in [5, 5.41) is 7.45. The summed E-state index contributed by atoms with van der Waals surface area (Å²) in [6.45, 7) is 15.8. The van der Waals surface area contributed by atoms with Crippen LogP contribution >= 0.6 is 24.0 Å². The molecule has 1 N–H and O–H groups in total. The summed E-state index contributed by atoms with van der Waals surface area (Å²) in [5.41, 5.74) is 1.43. The van der Waals surface area contributed by atoms with Gasteiger partial charge in [0.05, 0.1) is 5.69 Å². The largest absolute Gasteiger partial charge is 0.364 e. The van der Waals surface area contributed by atoms with Crippen LogP contribution in [0.2, 0.25) is 0 Å².